The Morgan fingerprint density at radius 2 is 1.91 bits per heavy atom. The van der Waals surface area contributed by atoms with E-state index in [4.69, 9.17) is 4.42 Å². The molecule has 3 aromatic rings. The number of aromatic nitrogens is 2. The van der Waals surface area contributed by atoms with Gasteiger partial charge in [0.05, 0.1) is 6.42 Å². The van der Waals surface area contributed by atoms with Crippen LogP contribution in [-0.2, 0) is 11.2 Å². The van der Waals surface area contributed by atoms with E-state index in [0.717, 1.165) is 16.7 Å². The summed E-state index contributed by atoms with van der Waals surface area (Å²) < 4.78 is 5.48. The van der Waals surface area contributed by atoms with Crippen molar-refractivity contribution in [3.8, 4) is 11.5 Å². The third-order valence-electron chi connectivity index (χ3n) is 3.14. The van der Waals surface area contributed by atoms with E-state index in [0.29, 0.717) is 5.89 Å². The lowest BCUT2D eigenvalue weighted by atomic mass is 10.1. The zero-order valence-electron chi connectivity index (χ0n) is 12.1. The minimum absolute atomic E-state index is 0.109. The van der Waals surface area contributed by atoms with Crippen molar-refractivity contribution in [3.63, 3.8) is 0 Å². The number of anilines is 1. The number of hydrogen-bond donors (Lipinski definition) is 1. The van der Waals surface area contributed by atoms with E-state index < -0.39 is 0 Å². The number of amides is 1. The molecule has 5 nitrogen and oxygen atoms in total. The molecule has 0 aliphatic rings. The van der Waals surface area contributed by atoms with E-state index in [1.165, 1.54) is 0 Å². The number of hydrogen-bond acceptors (Lipinski definition) is 4. The maximum atomic E-state index is 11.9. The largest absolute Gasteiger partial charge is 0.403 e. The number of carbonyl (C=O) groups excluding carboxylic acids is 1. The van der Waals surface area contributed by atoms with Gasteiger partial charge in [0.1, 0.15) is 0 Å². The molecule has 0 atom stereocenters. The Bertz CT molecular complexity index is 781. The third-order valence-corrected chi connectivity index (χ3v) is 3.14. The van der Waals surface area contributed by atoms with Crippen molar-refractivity contribution in [2.75, 3.05) is 5.32 Å². The molecule has 0 fully saturated rings. The minimum atomic E-state index is -0.189. The monoisotopic (exact) mass is 293 g/mol. The van der Waals surface area contributed by atoms with Crippen LogP contribution in [0.3, 0.4) is 0 Å². The van der Waals surface area contributed by atoms with Crippen LogP contribution < -0.4 is 5.32 Å². The second-order valence-electron chi connectivity index (χ2n) is 4.99. The van der Waals surface area contributed by atoms with Crippen LogP contribution in [0.2, 0.25) is 0 Å². The van der Waals surface area contributed by atoms with Crippen LogP contribution >= 0.6 is 0 Å². The summed E-state index contributed by atoms with van der Waals surface area (Å²) in [6.07, 6.45) is 0.267. The van der Waals surface area contributed by atoms with Gasteiger partial charge in [0, 0.05) is 5.56 Å². The molecule has 3 rings (SSSR count). The van der Waals surface area contributed by atoms with Crippen LogP contribution in [0.25, 0.3) is 11.5 Å². The minimum Gasteiger partial charge on any atom is -0.403 e. The number of rotatable bonds is 4. The predicted molar refractivity (Wildman–Crippen MR) is 83.2 cm³/mol. The average molecular weight is 293 g/mol. The third kappa shape index (κ3) is 3.38. The van der Waals surface area contributed by atoms with E-state index >= 15 is 0 Å². The molecule has 0 saturated heterocycles. The van der Waals surface area contributed by atoms with Crippen molar-refractivity contribution in [2.45, 2.75) is 13.3 Å². The van der Waals surface area contributed by atoms with Crippen molar-refractivity contribution in [2.24, 2.45) is 0 Å². The van der Waals surface area contributed by atoms with Gasteiger partial charge in [0.15, 0.2) is 0 Å². The topological polar surface area (TPSA) is 68.0 Å². The summed E-state index contributed by atoms with van der Waals surface area (Å²) in [6, 6.07) is 17.3. The van der Waals surface area contributed by atoms with Gasteiger partial charge in [-0.3, -0.25) is 10.1 Å². The highest BCUT2D eigenvalue weighted by Crippen LogP contribution is 2.20. The molecule has 0 saturated carbocycles. The summed E-state index contributed by atoms with van der Waals surface area (Å²) in [5, 5.41) is 10.4. The van der Waals surface area contributed by atoms with Gasteiger partial charge in [-0.15, -0.1) is 5.10 Å². The fraction of sp³-hybridized carbons (Fsp3) is 0.118. The molecule has 0 radical (unpaired) electrons. The van der Waals surface area contributed by atoms with Crippen LogP contribution in [0.15, 0.2) is 59.0 Å². The van der Waals surface area contributed by atoms with Gasteiger partial charge in [-0.1, -0.05) is 53.1 Å². The summed E-state index contributed by atoms with van der Waals surface area (Å²) in [4.78, 5) is 11.9. The first-order valence-corrected chi connectivity index (χ1v) is 6.95. The molecule has 0 bridgehead atoms. The summed E-state index contributed by atoms with van der Waals surface area (Å²) in [5.74, 6) is 0.198. The average Bonchev–Trinajstić information content (AvgIpc) is 2.96. The number of aryl methyl sites for hydroxylation is 1. The van der Waals surface area contributed by atoms with Crippen molar-refractivity contribution in [1.82, 2.24) is 10.2 Å². The summed E-state index contributed by atoms with van der Waals surface area (Å²) >= 11 is 0. The lowest BCUT2D eigenvalue weighted by molar-refractivity contribution is -0.115. The molecule has 1 N–H and O–H groups in total. The molecule has 5 heteroatoms. The predicted octanol–water partition coefficient (Wildman–Crippen LogP) is 3.23. The molecular formula is C17H15N3O2. The first-order valence-electron chi connectivity index (χ1n) is 6.95. The van der Waals surface area contributed by atoms with Crippen LogP contribution in [0.4, 0.5) is 6.01 Å². The van der Waals surface area contributed by atoms with Gasteiger partial charge in [-0.25, -0.2) is 0 Å². The molecule has 0 spiro atoms. The first-order chi connectivity index (χ1) is 10.7. The quantitative estimate of drug-likeness (QED) is 0.802. The lowest BCUT2D eigenvalue weighted by Crippen LogP contribution is -2.14. The fourth-order valence-corrected chi connectivity index (χ4v) is 2.11. The fourth-order valence-electron chi connectivity index (χ4n) is 2.11. The van der Waals surface area contributed by atoms with Gasteiger partial charge < -0.3 is 4.42 Å². The summed E-state index contributed by atoms with van der Waals surface area (Å²) in [6.45, 7) is 1.99. The molecule has 2 aromatic carbocycles. The molecule has 1 aromatic heterocycles. The number of nitrogens with zero attached hydrogens (tertiary/aromatic N) is 2. The Kier molecular flexibility index (Phi) is 3.96. The van der Waals surface area contributed by atoms with E-state index in [-0.39, 0.29) is 18.3 Å². The Morgan fingerprint density at radius 1 is 1.09 bits per heavy atom. The second kappa shape index (κ2) is 6.22. The number of benzene rings is 2. The number of nitrogens with one attached hydrogen (secondary N) is 1. The van der Waals surface area contributed by atoms with Crippen LogP contribution in [0.5, 0.6) is 0 Å². The Morgan fingerprint density at radius 3 is 2.68 bits per heavy atom. The zero-order chi connectivity index (χ0) is 15.4. The van der Waals surface area contributed by atoms with Gasteiger partial charge >= 0.3 is 6.01 Å². The Labute approximate surface area is 128 Å². The number of carbonyl (C=O) groups is 1. The molecule has 1 amide bonds. The van der Waals surface area contributed by atoms with Gasteiger partial charge in [0.2, 0.25) is 11.8 Å². The highest BCUT2D eigenvalue weighted by atomic mass is 16.4. The molecule has 22 heavy (non-hydrogen) atoms. The smallest absolute Gasteiger partial charge is 0.322 e. The summed E-state index contributed by atoms with van der Waals surface area (Å²) in [7, 11) is 0. The standard InChI is InChI=1S/C17H15N3O2/c1-12-6-5-9-14(10-12)16-19-20-17(22-16)18-15(21)11-13-7-3-2-4-8-13/h2-10H,11H2,1H3,(H,18,20,21). The Balaban J connectivity index is 1.68. The van der Waals surface area contributed by atoms with Gasteiger partial charge in [-0.2, -0.15) is 0 Å². The van der Waals surface area contributed by atoms with E-state index in [1.807, 2.05) is 61.5 Å². The van der Waals surface area contributed by atoms with Crippen LogP contribution in [0, 0.1) is 6.92 Å². The molecule has 0 aliphatic carbocycles. The maximum absolute atomic E-state index is 11.9. The second-order valence-corrected chi connectivity index (χ2v) is 4.99. The van der Waals surface area contributed by atoms with Gasteiger partial charge in [-0.05, 0) is 24.6 Å². The van der Waals surface area contributed by atoms with Crippen LogP contribution in [0.1, 0.15) is 11.1 Å². The molecule has 1 heterocycles. The van der Waals surface area contributed by atoms with Crippen LogP contribution in [-0.4, -0.2) is 16.1 Å². The highest BCUT2D eigenvalue weighted by Gasteiger charge is 2.11. The normalized spacial score (nSPS) is 10.4. The zero-order valence-corrected chi connectivity index (χ0v) is 12.1. The van der Waals surface area contributed by atoms with Gasteiger partial charge in [0.25, 0.3) is 0 Å². The van der Waals surface area contributed by atoms with Crippen molar-refractivity contribution >= 4 is 11.9 Å². The molecule has 0 aliphatic heterocycles. The van der Waals surface area contributed by atoms with E-state index in [2.05, 4.69) is 15.5 Å². The molecule has 110 valence electrons. The van der Waals surface area contributed by atoms with E-state index in [1.54, 1.807) is 0 Å². The van der Waals surface area contributed by atoms with Crippen molar-refractivity contribution < 1.29 is 9.21 Å². The first kappa shape index (κ1) is 14.0. The van der Waals surface area contributed by atoms with Crippen molar-refractivity contribution in [1.29, 1.82) is 0 Å². The maximum Gasteiger partial charge on any atom is 0.322 e. The van der Waals surface area contributed by atoms with E-state index in [9.17, 15) is 4.79 Å². The SMILES string of the molecule is Cc1cccc(-c2nnc(NC(=O)Cc3ccccc3)o2)c1. The highest BCUT2D eigenvalue weighted by molar-refractivity contribution is 5.90. The van der Waals surface area contributed by atoms with Crippen molar-refractivity contribution in [3.05, 3.63) is 65.7 Å². The summed E-state index contributed by atoms with van der Waals surface area (Å²) in [5.41, 5.74) is 2.86. The Hall–Kier alpha value is -2.95. The lowest BCUT2D eigenvalue weighted by Gasteiger charge is -2.00. The molecule has 0 unspecified atom stereocenters. The molecular weight excluding hydrogens is 278 g/mol.